The summed E-state index contributed by atoms with van der Waals surface area (Å²) in [7, 11) is 1.26. The Kier molecular flexibility index (Phi) is 4.13. The van der Waals surface area contributed by atoms with Gasteiger partial charge in [0.05, 0.1) is 24.6 Å². The molecular formula is C14H13N3O4. The van der Waals surface area contributed by atoms with Gasteiger partial charge in [0, 0.05) is 6.20 Å². The van der Waals surface area contributed by atoms with Crippen molar-refractivity contribution in [1.29, 1.82) is 0 Å². The van der Waals surface area contributed by atoms with E-state index in [-0.39, 0.29) is 11.3 Å². The molecule has 2 rings (SSSR count). The SMILES string of the molecule is COC(=O)c1cc(C)ccc1NC(=O)c1c[nH]c(=O)cn1. The van der Waals surface area contributed by atoms with Gasteiger partial charge in [0.15, 0.2) is 0 Å². The highest BCUT2D eigenvalue weighted by Gasteiger charge is 2.15. The first kappa shape index (κ1) is 14.4. The van der Waals surface area contributed by atoms with Gasteiger partial charge < -0.3 is 15.0 Å². The number of nitrogens with one attached hydrogen (secondary N) is 2. The number of hydrogen-bond acceptors (Lipinski definition) is 5. The van der Waals surface area contributed by atoms with Gasteiger partial charge in [0.2, 0.25) is 0 Å². The van der Waals surface area contributed by atoms with Crippen LogP contribution in [0.4, 0.5) is 5.69 Å². The number of anilines is 1. The molecule has 1 heterocycles. The fraction of sp³-hybridized carbons (Fsp3) is 0.143. The Morgan fingerprint density at radius 1 is 1.33 bits per heavy atom. The molecule has 0 aliphatic carbocycles. The molecule has 1 aromatic carbocycles. The van der Waals surface area contributed by atoms with Crippen molar-refractivity contribution < 1.29 is 14.3 Å². The molecule has 0 radical (unpaired) electrons. The summed E-state index contributed by atoms with van der Waals surface area (Å²) < 4.78 is 4.68. The minimum absolute atomic E-state index is 0.0333. The molecule has 0 spiro atoms. The number of aryl methyl sites for hydroxylation is 1. The zero-order valence-electron chi connectivity index (χ0n) is 11.5. The van der Waals surface area contributed by atoms with E-state index in [4.69, 9.17) is 0 Å². The van der Waals surface area contributed by atoms with Crippen LogP contribution in [0.1, 0.15) is 26.4 Å². The number of H-pyrrole nitrogens is 1. The Morgan fingerprint density at radius 2 is 2.10 bits per heavy atom. The van der Waals surface area contributed by atoms with Gasteiger partial charge >= 0.3 is 5.97 Å². The molecule has 1 aromatic heterocycles. The van der Waals surface area contributed by atoms with Crippen LogP contribution in [0.3, 0.4) is 0 Å². The smallest absolute Gasteiger partial charge is 0.339 e. The summed E-state index contributed by atoms with van der Waals surface area (Å²) >= 11 is 0. The van der Waals surface area contributed by atoms with Gasteiger partial charge in [-0.05, 0) is 19.1 Å². The maximum absolute atomic E-state index is 12.0. The van der Waals surface area contributed by atoms with E-state index in [0.29, 0.717) is 5.69 Å². The van der Waals surface area contributed by atoms with E-state index in [2.05, 4.69) is 20.0 Å². The highest BCUT2D eigenvalue weighted by molar-refractivity contribution is 6.07. The molecule has 0 aliphatic rings. The van der Waals surface area contributed by atoms with Crippen LogP contribution in [0.2, 0.25) is 0 Å². The highest BCUT2D eigenvalue weighted by Crippen LogP contribution is 2.19. The monoisotopic (exact) mass is 287 g/mol. The number of aromatic nitrogens is 2. The molecule has 2 aromatic rings. The number of benzene rings is 1. The summed E-state index contributed by atoms with van der Waals surface area (Å²) in [6.07, 6.45) is 2.20. The van der Waals surface area contributed by atoms with E-state index in [1.807, 2.05) is 6.92 Å². The zero-order chi connectivity index (χ0) is 15.4. The normalized spacial score (nSPS) is 10.0. The van der Waals surface area contributed by atoms with E-state index in [9.17, 15) is 14.4 Å². The van der Waals surface area contributed by atoms with Gasteiger partial charge in [-0.15, -0.1) is 0 Å². The van der Waals surface area contributed by atoms with Crippen LogP contribution in [-0.2, 0) is 4.74 Å². The standard InChI is InChI=1S/C14H13N3O4/c1-8-3-4-10(9(5-8)14(20)21-2)17-13(19)11-6-16-12(18)7-15-11/h3-7H,1-2H3,(H,16,18)(H,17,19). The largest absolute Gasteiger partial charge is 0.465 e. The summed E-state index contributed by atoms with van der Waals surface area (Å²) in [5.74, 6) is -1.09. The third-order valence-corrected chi connectivity index (χ3v) is 2.73. The minimum atomic E-state index is -0.552. The second-order valence-corrected chi connectivity index (χ2v) is 4.29. The number of nitrogens with zero attached hydrogens (tertiary/aromatic N) is 1. The lowest BCUT2D eigenvalue weighted by Crippen LogP contribution is -2.18. The first-order chi connectivity index (χ1) is 10.0. The Morgan fingerprint density at radius 3 is 2.71 bits per heavy atom. The number of aromatic amines is 1. The quantitative estimate of drug-likeness (QED) is 0.824. The summed E-state index contributed by atoms with van der Waals surface area (Å²) in [4.78, 5) is 40.7. The Bertz CT molecular complexity index is 732. The average Bonchev–Trinajstić information content (AvgIpc) is 2.48. The molecule has 21 heavy (non-hydrogen) atoms. The van der Waals surface area contributed by atoms with Crippen molar-refractivity contribution in [2.45, 2.75) is 6.92 Å². The van der Waals surface area contributed by atoms with E-state index < -0.39 is 17.4 Å². The Hall–Kier alpha value is -2.96. The molecular weight excluding hydrogens is 274 g/mol. The number of carbonyl (C=O) groups is 2. The molecule has 0 aliphatic heterocycles. The number of hydrogen-bond donors (Lipinski definition) is 2. The van der Waals surface area contributed by atoms with Crippen molar-refractivity contribution in [3.8, 4) is 0 Å². The van der Waals surface area contributed by atoms with E-state index >= 15 is 0 Å². The Labute approximate surface area is 120 Å². The van der Waals surface area contributed by atoms with Gasteiger partial charge in [0.1, 0.15) is 5.69 Å². The zero-order valence-corrected chi connectivity index (χ0v) is 11.5. The summed E-state index contributed by atoms with van der Waals surface area (Å²) in [6.45, 7) is 1.82. The van der Waals surface area contributed by atoms with Crippen molar-refractivity contribution in [3.63, 3.8) is 0 Å². The predicted molar refractivity (Wildman–Crippen MR) is 75.3 cm³/mol. The lowest BCUT2D eigenvalue weighted by atomic mass is 10.1. The fourth-order valence-corrected chi connectivity index (χ4v) is 1.70. The van der Waals surface area contributed by atoms with E-state index in [1.54, 1.807) is 18.2 Å². The molecule has 7 heteroatoms. The van der Waals surface area contributed by atoms with Crippen LogP contribution in [0.5, 0.6) is 0 Å². The predicted octanol–water partition coefficient (Wildman–Crippen LogP) is 1.12. The molecule has 0 atom stereocenters. The number of rotatable bonds is 3. The van der Waals surface area contributed by atoms with Crippen LogP contribution in [0.25, 0.3) is 0 Å². The molecule has 0 fully saturated rings. The topological polar surface area (TPSA) is 101 Å². The molecule has 2 N–H and O–H groups in total. The first-order valence-electron chi connectivity index (χ1n) is 6.06. The second-order valence-electron chi connectivity index (χ2n) is 4.29. The van der Waals surface area contributed by atoms with Crippen LogP contribution >= 0.6 is 0 Å². The number of carbonyl (C=O) groups excluding carboxylic acids is 2. The number of ether oxygens (including phenoxy) is 1. The van der Waals surface area contributed by atoms with E-state index in [0.717, 1.165) is 11.8 Å². The van der Waals surface area contributed by atoms with E-state index in [1.165, 1.54) is 13.3 Å². The van der Waals surface area contributed by atoms with Crippen LogP contribution in [0.15, 0.2) is 35.4 Å². The van der Waals surface area contributed by atoms with Crippen molar-refractivity contribution in [3.05, 3.63) is 57.8 Å². The molecule has 0 saturated heterocycles. The van der Waals surface area contributed by atoms with Gasteiger partial charge in [-0.25, -0.2) is 9.78 Å². The third kappa shape index (κ3) is 3.33. The minimum Gasteiger partial charge on any atom is -0.465 e. The maximum Gasteiger partial charge on any atom is 0.339 e. The van der Waals surface area contributed by atoms with Gasteiger partial charge in [-0.1, -0.05) is 11.6 Å². The maximum atomic E-state index is 12.0. The number of esters is 1. The molecule has 0 bridgehead atoms. The second kappa shape index (κ2) is 6.00. The van der Waals surface area contributed by atoms with Gasteiger partial charge in [-0.2, -0.15) is 0 Å². The third-order valence-electron chi connectivity index (χ3n) is 2.73. The Balaban J connectivity index is 2.30. The average molecular weight is 287 g/mol. The molecule has 0 unspecified atom stereocenters. The van der Waals surface area contributed by atoms with Gasteiger partial charge in [0.25, 0.3) is 11.5 Å². The van der Waals surface area contributed by atoms with Crippen LogP contribution in [-0.4, -0.2) is 29.0 Å². The first-order valence-corrected chi connectivity index (χ1v) is 6.06. The molecule has 1 amide bonds. The summed E-state index contributed by atoms with van der Waals surface area (Å²) in [5.41, 5.74) is 1.04. The van der Waals surface area contributed by atoms with Crippen molar-refractivity contribution in [1.82, 2.24) is 9.97 Å². The van der Waals surface area contributed by atoms with Crippen LogP contribution < -0.4 is 10.9 Å². The fourth-order valence-electron chi connectivity index (χ4n) is 1.70. The lowest BCUT2D eigenvalue weighted by Gasteiger charge is -2.10. The van der Waals surface area contributed by atoms with Gasteiger partial charge in [-0.3, -0.25) is 9.59 Å². The lowest BCUT2D eigenvalue weighted by molar-refractivity contribution is 0.0602. The highest BCUT2D eigenvalue weighted by atomic mass is 16.5. The summed E-state index contributed by atoms with van der Waals surface area (Å²) in [5, 5.41) is 2.56. The number of amides is 1. The number of methoxy groups -OCH3 is 1. The van der Waals surface area contributed by atoms with Crippen LogP contribution in [0, 0.1) is 6.92 Å². The summed E-state index contributed by atoms with van der Waals surface area (Å²) in [6, 6.07) is 4.97. The molecule has 0 saturated carbocycles. The molecule has 108 valence electrons. The molecule has 7 nitrogen and oxygen atoms in total. The van der Waals surface area contributed by atoms with Crippen molar-refractivity contribution in [2.75, 3.05) is 12.4 Å². The van der Waals surface area contributed by atoms with Crippen molar-refractivity contribution in [2.24, 2.45) is 0 Å². The van der Waals surface area contributed by atoms with Crippen molar-refractivity contribution >= 4 is 17.6 Å².